The molecule has 8 atom stereocenters. The van der Waals surface area contributed by atoms with E-state index in [2.05, 4.69) is 31.7 Å². The van der Waals surface area contributed by atoms with Crippen molar-refractivity contribution in [2.45, 2.75) is 78.2 Å². The molecular formula is C26H41NO3. The molecule has 0 spiro atoms. The van der Waals surface area contributed by atoms with Crippen molar-refractivity contribution in [2.24, 2.45) is 40.4 Å². The summed E-state index contributed by atoms with van der Waals surface area (Å²) in [6.07, 6.45) is 11.7. The van der Waals surface area contributed by atoms with Gasteiger partial charge in [0.1, 0.15) is 0 Å². The number of aliphatic hydroxyl groups excluding tert-OH is 1. The highest BCUT2D eigenvalue weighted by Gasteiger charge is 2.59. The van der Waals surface area contributed by atoms with Crippen LogP contribution in [0.2, 0.25) is 0 Å². The SMILES string of the molecule is CC(C(=O)N1CCOCC1)[C@H]1CC[C@H]2[C@@H]3CC=C4C[C@@H](O)CC[C@]4(C)[C@H]3CC[C@]12C. The summed E-state index contributed by atoms with van der Waals surface area (Å²) in [6, 6.07) is 0. The summed E-state index contributed by atoms with van der Waals surface area (Å²) in [5.41, 5.74) is 2.16. The number of amides is 1. The van der Waals surface area contributed by atoms with E-state index in [1.54, 1.807) is 5.57 Å². The molecule has 0 aromatic heterocycles. The lowest BCUT2D eigenvalue weighted by atomic mass is 9.47. The van der Waals surface area contributed by atoms with E-state index in [-0.39, 0.29) is 12.0 Å². The summed E-state index contributed by atoms with van der Waals surface area (Å²) in [6.45, 7) is 10.1. The summed E-state index contributed by atoms with van der Waals surface area (Å²) >= 11 is 0. The minimum absolute atomic E-state index is 0.127. The van der Waals surface area contributed by atoms with E-state index in [0.29, 0.717) is 35.9 Å². The number of allylic oxidation sites excluding steroid dienone is 1. The van der Waals surface area contributed by atoms with Gasteiger partial charge in [-0.3, -0.25) is 4.79 Å². The number of carbonyl (C=O) groups is 1. The first-order valence-electron chi connectivity index (χ1n) is 12.6. The Morgan fingerprint density at radius 2 is 1.90 bits per heavy atom. The molecule has 1 aliphatic heterocycles. The topological polar surface area (TPSA) is 49.8 Å². The third kappa shape index (κ3) is 3.11. The van der Waals surface area contributed by atoms with Crippen LogP contribution in [0.1, 0.15) is 72.1 Å². The molecule has 0 aromatic rings. The summed E-state index contributed by atoms with van der Waals surface area (Å²) in [7, 11) is 0. The Hall–Kier alpha value is -0.870. The first-order chi connectivity index (χ1) is 14.3. The van der Waals surface area contributed by atoms with E-state index < -0.39 is 0 Å². The van der Waals surface area contributed by atoms with Crippen LogP contribution < -0.4 is 0 Å². The number of hydrogen-bond donors (Lipinski definition) is 1. The predicted molar refractivity (Wildman–Crippen MR) is 118 cm³/mol. The maximum absolute atomic E-state index is 13.3. The van der Waals surface area contributed by atoms with Gasteiger partial charge in [0.15, 0.2) is 0 Å². The van der Waals surface area contributed by atoms with Crippen molar-refractivity contribution in [2.75, 3.05) is 26.3 Å². The van der Waals surface area contributed by atoms with Gasteiger partial charge in [0, 0.05) is 19.0 Å². The van der Waals surface area contributed by atoms with Gasteiger partial charge in [0.05, 0.1) is 19.3 Å². The van der Waals surface area contributed by atoms with Crippen LogP contribution in [0.25, 0.3) is 0 Å². The first kappa shape index (κ1) is 21.0. The lowest BCUT2D eigenvalue weighted by Gasteiger charge is -2.58. The molecule has 1 saturated heterocycles. The molecule has 3 saturated carbocycles. The minimum Gasteiger partial charge on any atom is -0.393 e. The maximum atomic E-state index is 13.3. The van der Waals surface area contributed by atoms with Crippen molar-refractivity contribution in [1.29, 1.82) is 0 Å². The quantitative estimate of drug-likeness (QED) is 0.679. The van der Waals surface area contributed by atoms with Crippen LogP contribution in [0.5, 0.6) is 0 Å². The summed E-state index contributed by atoms with van der Waals surface area (Å²) < 4.78 is 5.46. The Labute approximate surface area is 182 Å². The summed E-state index contributed by atoms with van der Waals surface area (Å²) in [4.78, 5) is 15.3. The van der Waals surface area contributed by atoms with E-state index >= 15 is 0 Å². The van der Waals surface area contributed by atoms with E-state index in [1.165, 1.54) is 32.1 Å². The van der Waals surface area contributed by atoms with Crippen LogP contribution in [0.15, 0.2) is 11.6 Å². The molecule has 4 heteroatoms. The van der Waals surface area contributed by atoms with Gasteiger partial charge in [-0.2, -0.15) is 0 Å². The third-order valence-electron chi connectivity index (χ3n) is 10.5. The van der Waals surface area contributed by atoms with Crippen molar-refractivity contribution in [3.05, 3.63) is 11.6 Å². The molecule has 0 radical (unpaired) electrons. The second-order valence-corrected chi connectivity index (χ2v) is 11.6. The van der Waals surface area contributed by atoms with Crippen LogP contribution in [-0.4, -0.2) is 48.3 Å². The van der Waals surface area contributed by atoms with Gasteiger partial charge < -0.3 is 14.7 Å². The molecule has 1 heterocycles. The van der Waals surface area contributed by atoms with Crippen molar-refractivity contribution in [1.82, 2.24) is 4.90 Å². The second kappa shape index (κ2) is 7.62. The third-order valence-corrected chi connectivity index (χ3v) is 10.5. The van der Waals surface area contributed by atoms with Crippen LogP contribution in [-0.2, 0) is 9.53 Å². The van der Waals surface area contributed by atoms with Crippen LogP contribution in [0.4, 0.5) is 0 Å². The Morgan fingerprint density at radius 1 is 1.13 bits per heavy atom. The average molecular weight is 416 g/mol. The van der Waals surface area contributed by atoms with E-state index in [4.69, 9.17) is 4.74 Å². The number of morpholine rings is 1. The molecule has 0 bridgehead atoms. The lowest BCUT2D eigenvalue weighted by Crippen LogP contribution is -2.52. The zero-order chi connectivity index (χ0) is 21.1. The van der Waals surface area contributed by atoms with Gasteiger partial charge >= 0.3 is 0 Å². The fourth-order valence-corrected chi connectivity index (χ4v) is 8.75. The number of fused-ring (bicyclic) bond motifs is 5. The highest BCUT2D eigenvalue weighted by atomic mass is 16.5. The van der Waals surface area contributed by atoms with Crippen molar-refractivity contribution in [3.8, 4) is 0 Å². The fourth-order valence-electron chi connectivity index (χ4n) is 8.75. The zero-order valence-electron chi connectivity index (χ0n) is 19.2. The van der Waals surface area contributed by atoms with Crippen molar-refractivity contribution < 1.29 is 14.6 Å². The lowest BCUT2D eigenvalue weighted by molar-refractivity contribution is -0.144. The summed E-state index contributed by atoms with van der Waals surface area (Å²) in [5, 5.41) is 10.2. The normalized spacial score (nSPS) is 47.0. The molecule has 30 heavy (non-hydrogen) atoms. The highest BCUT2D eigenvalue weighted by molar-refractivity contribution is 5.79. The molecular weight excluding hydrogens is 374 g/mol. The number of aliphatic hydroxyl groups is 1. The summed E-state index contributed by atoms with van der Waals surface area (Å²) in [5.74, 6) is 3.31. The van der Waals surface area contributed by atoms with Gasteiger partial charge in [-0.25, -0.2) is 0 Å². The van der Waals surface area contributed by atoms with Crippen molar-refractivity contribution >= 4 is 5.91 Å². The van der Waals surface area contributed by atoms with E-state index in [1.807, 2.05) is 0 Å². The van der Waals surface area contributed by atoms with Gasteiger partial charge in [-0.1, -0.05) is 32.4 Å². The van der Waals surface area contributed by atoms with Gasteiger partial charge in [0.2, 0.25) is 5.91 Å². The van der Waals surface area contributed by atoms with Crippen LogP contribution in [0, 0.1) is 40.4 Å². The smallest absolute Gasteiger partial charge is 0.225 e. The average Bonchev–Trinajstić information content (AvgIpc) is 3.11. The largest absolute Gasteiger partial charge is 0.393 e. The second-order valence-electron chi connectivity index (χ2n) is 11.6. The van der Waals surface area contributed by atoms with Gasteiger partial charge in [-0.05, 0) is 85.9 Å². The van der Waals surface area contributed by atoms with Crippen molar-refractivity contribution in [3.63, 3.8) is 0 Å². The monoisotopic (exact) mass is 415 g/mol. The van der Waals surface area contributed by atoms with Crippen LogP contribution in [0.3, 0.4) is 0 Å². The number of carbonyl (C=O) groups excluding carboxylic acids is 1. The fraction of sp³-hybridized carbons (Fsp3) is 0.885. The molecule has 4 nitrogen and oxygen atoms in total. The van der Waals surface area contributed by atoms with Gasteiger partial charge in [-0.15, -0.1) is 0 Å². The number of hydrogen-bond acceptors (Lipinski definition) is 3. The molecule has 5 aliphatic rings. The Balaban J connectivity index is 1.36. The predicted octanol–water partition coefficient (Wildman–Crippen LogP) is 4.42. The van der Waals surface area contributed by atoms with Gasteiger partial charge in [0.25, 0.3) is 0 Å². The number of nitrogens with zero attached hydrogens (tertiary/aromatic N) is 1. The first-order valence-corrected chi connectivity index (χ1v) is 12.6. The standard InChI is InChI=1S/C26H41NO3/c1-17(24(29)27-12-14-30-15-13-27)21-6-7-22-20-5-4-18-16-19(28)8-10-25(18,2)23(20)9-11-26(21,22)3/h4,17,19-23,28H,5-16H2,1-3H3/t17?,19-,20-,21+,22-,23-,25-,26+/m0/s1. The molecule has 1 N–H and O–H groups in total. The van der Waals surface area contributed by atoms with E-state index in [9.17, 15) is 9.90 Å². The molecule has 4 fully saturated rings. The number of rotatable bonds is 2. The zero-order valence-corrected chi connectivity index (χ0v) is 19.2. The Morgan fingerprint density at radius 3 is 2.67 bits per heavy atom. The number of ether oxygens (including phenoxy) is 1. The van der Waals surface area contributed by atoms with Crippen LogP contribution >= 0.6 is 0 Å². The molecule has 5 rings (SSSR count). The molecule has 4 aliphatic carbocycles. The van der Waals surface area contributed by atoms with E-state index in [0.717, 1.165) is 50.1 Å². The molecule has 0 aromatic carbocycles. The maximum Gasteiger partial charge on any atom is 0.225 e. The Bertz CT molecular complexity index is 713. The highest BCUT2D eigenvalue weighted by Crippen LogP contribution is 2.67. The minimum atomic E-state index is -0.127. The molecule has 1 amide bonds. The molecule has 1 unspecified atom stereocenters. The Kier molecular flexibility index (Phi) is 5.33. The molecule has 168 valence electrons.